The Labute approximate surface area is 203 Å². The summed E-state index contributed by atoms with van der Waals surface area (Å²) >= 11 is 12.6. The van der Waals surface area contributed by atoms with Gasteiger partial charge in [0, 0.05) is 16.1 Å². The molecule has 3 aromatic carbocycles. The molecule has 8 heteroatoms. The lowest BCUT2D eigenvalue weighted by Gasteiger charge is -2.12. The van der Waals surface area contributed by atoms with Crippen molar-refractivity contribution in [1.82, 2.24) is 9.78 Å². The fraction of sp³-hybridized carbons (Fsp3) is 0.120. The monoisotopic (exact) mass is 497 g/mol. The van der Waals surface area contributed by atoms with Crippen molar-refractivity contribution in [2.75, 3.05) is 0 Å². The standard InChI is InChI=1S/C25H21Cl2N3O2S/c1-16-8-14-20(15-9-16)33(31,32)25(28-3)23-17(2)24(18-10-12-19(26)13-11-18)30(29-23)22-7-5-4-6-21(22)27/h4-15,25H,3H2,1-2H3. The van der Waals surface area contributed by atoms with E-state index in [4.69, 9.17) is 28.3 Å². The van der Waals surface area contributed by atoms with Gasteiger partial charge in [-0.15, -0.1) is 0 Å². The number of sulfone groups is 1. The van der Waals surface area contributed by atoms with Gasteiger partial charge >= 0.3 is 0 Å². The van der Waals surface area contributed by atoms with Gasteiger partial charge in [0.2, 0.25) is 9.84 Å². The normalized spacial score (nSPS) is 12.5. The Morgan fingerprint density at radius 1 is 0.939 bits per heavy atom. The van der Waals surface area contributed by atoms with Crippen LogP contribution < -0.4 is 0 Å². The molecule has 0 N–H and O–H groups in total. The number of hydrogen-bond donors (Lipinski definition) is 0. The third kappa shape index (κ3) is 4.34. The zero-order valence-corrected chi connectivity index (χ0v) is 20.4. The SMILES string of the molecule is C=NC(c1nn(-c2ccccc2Cl)c(-c2ccc(Cl)cc2)c1C)S(=O)(=O)c1ccc(C)cc1. The van der Waals surface area contributed by atoms with E-state index in [0.29, 0.717) is 27.0 Å². The highest BCUT2D eigenvalue weighted by molar-refractivity contribution is 7.91. The number of para-hydroxylation sites is 1. The minimum absolute atomic E-state index is 0.158. The molecule has 1 atom stereocenters. The van der Waals surface area contributed by atoms with Crippen LogP contribution in [0.15, 0.2) is 82.7 Å². The number of aliphatic imine (C=N–C) groups is 1. The lowest BCUT2D eigenvalue weighted by Crippen LogP contribution is -2.14. The van der Waals surface area contributed by atoms with Crippen LogP contribution in [0.3, 0.4) is 0 Å². The first-order chi connectivity index (χ1) is 15.7. The van der Waals surface area contributed by atoms with Crippen LogP contribution in [0.2, 0.25) is 10.0 Å². The van der Waals surface area contributed by atoms with Crippen LogP contribution in [-0.2, 0) is 9.84 Å². The summed E-state index contributed by atoms with van der Waals surface area (Å²) in [5.41, 5.74) is 4.03. The largest absolute Gasteiger partial charge is 0.274 e. The molecule has 0 aliphatic rings. The second-order valence-electron chi connectivity index (χ2n) is 7.62. The Kier molecular flexibility index (Phi) is 6.43. The Bertz CT molecular complexity index is 1430. The van der Waals surface area contributed by atoms with E-state index in [1.165, 1.54) is 0 Å². The molecule has 0 saturated carbocycles. The highest BCUT2D eigenvalue weighted by Gasteiger charge is 2.34. The summed E-state index contributed by atoms with van der Waals surface area (Å²) in [6.45, 7) is 7.30. The van der Waals surface area contributed by atoms with Gasteiger partial charge in [0.25, 0.3) is 0 Å². The molecule has 4 rings (SSSR count). The van der Waals surface area contributed by atoms with E-state index in [2.05, 4.69) is 11.7 Å². The number of halogens is 2. The molecule has 33 heavy (non-hydrogen) atoms. The van der Waals surface area contributed by atoms with Gasteiger partial charge in [0.05, 0.1) is 21.3 Å². The molecule has 0 saturated heterocycles. The topological polar surface area (TPSA) is 64.3 Å². The zero-order chi connectivity index (χ0) is 23.8. The summed E-state index contributed by atoms with van der Waals surface area (Å²) in [5, 5.41) is 4.49. The van der Waals surface area contributed by atoms with Crippen LogP contribution in [0.1, 0.15) is 22.2 Å². The van der Waals surface area contributed by atoms with Crippen LogP contribution in [0.4, 0.5) is 0 Å². The number of rotatable bonds is 6. The Morgan fingerprint density at radius 2 is 1.58 bits per heavy atom. The van der Waals surface area contributed by atoms with Crippen LogP contribution >= 0.6 is 23.2 Å². The van der Waals surface area contributed by atoms with Gasteiger partial charge in [-0.2, -0.15) is 5.10 Å². The van der Waals surface area contributed by atoms with Crippen molar-refractivity contribution in [1.29, 1.82) is 0 Å². The predicted molar refractivity (Wildman–Crippen MR) is 134 cm³/mol. The van der Waals surface area contributed by atoms with Gasteiger partial charge in [-0.1, -0.05) is 65.2 Å². The first-order valence-electron chi connectivity index (χ1n) is 10.1. The highest BCUT2D eigenvalue weighted by atomic mass is 35.5. The van der Waals surface area contributed by atoms with E-state index in [1.807, 2.05) is 44.2 Å². The quantitative estimate of drug-likeness (QED) is 0.280. The maximum Gasteiger partial charge on any atom is 0.207 e. The minimum atomic E-state index is -3.89. The van der Waals surface area contributed by atoms with E-state index in [9.17, 15) is 8.42 Å². The molecule has 0 aliphatic heterocycles. The number of nitrogens with zero attached hydrogens (tertiary/aromatic N) is 3. The van der Waals surface area contributed by atoms with E-state index in [1.54, 1.807) is 47.1 Å². The second-order valence-corrected chi connectivity index (χ2v) is 10.5. The van der Waals surface area contributed by atoms with E-state index in [0.717, 1.165) is 11.1 Å². The van der Waals surface area contributed by atoms with Crippen molar-refractivity contribution in [2.24, 2.45) is 4.99 Å². The summed E-state index contributed by atoms with van der Waals surface area (Å²) in [4.78, 5) is 4.16. The molecule has 0 amide bonds. The van der Waals surface area contributed by atoms with Crippen molar-refractivity contribution in [3.05, 3.63) is 99.7 Å². The summed E-state index contributed by atoms with van der Waals surface area (Å²) in [6, 6.07) is 21.1. The number of hydrogen-bond acceptors (Lipinski definition) is 4. The van der Waals surface area contributed by atoms with Crippen molar-refractivity contribution in [2.45, 2.75) is 24.1 Å². The Morgan fingerprint density at radius 3 is 2.18 bits per heavy atom. The fourth-order valence-corrected chi connectivity index (χ4v) is 5.51. The van der Waals surface area contributed by atoms with E-state index in [-0.39, 0.29) is 10.6 Å². The fourth-order valence-electron chi connectivity index (χ4n) is 3.68. The molecule has 1 heterocycles. The summed E-state index contributed by atoms with van der Waals surface area (Å²) in [7, 11) is -3.89. The highest BCUT2D eigenvalue weighted by Crippen LogP contribution is 2.38. The summed E-state index contributed by atoms with van der Waals surface area (Å²) in [5.74, 6) is 0. The zero-order valence-electron chi connectivity index (χ0n) is 18.0. The third-order valence-electron chi connectivity index (χ3n) is 5.40. The van der Waals surface area contributed by atoms with E-state index >= 15 is 0 Å². The van der Waals surface area contributed by atoms with Crippen molar-refractivity contribution >= 4 is 39.8 Å². The minimum Gasteiger partial charge on any atom is -0.274 e. The molecule has 0 aliphatic carbocycles. The molecule has 0 bridgehead atoms. The molecule has 0 spiro atoms. The van der Waals surface area contributed by atoms with Gasteiger partial charge in [0.15, 0.2) is 5.37 Å². The third-order valence-corrected chi connectivity index (χ3v) is 7.86. The molecule has 0 fully saturated rings. The van der Waals surface area contributed by atoms with Crippen molar-refractivity contribution in [3.8, 4) is 16.9 Å². The van der Waals surface area contributed by atoms with Crippen molar-refractivity contribution < 1.29 is 8.42 Å². The molecule has 5 nitrogen and oxygen atoms in total. The molecule has 1 unspecified atom stereocenters. The van der Waals surface area contributed by atoms with Gasteiger partial charge in [-0.05, 0) is 57.0 Å². The average molecular weight is 498 g/mol. The smallest absolute Gasteiger partial charge is 0.207 e. The van der Waals surface area contributed by atoms with Gasteiger partial charge < -0.3 is 0 Å². The van der Waals surface area contributed by atoms with Crippen LogP contribution in [-0.4, -0.2) is 24.9 Å². The first kappa shape index (κ1) is 23.2. The number of aromatic nitrogens is 2. The number of benzene rings is 3. The molecule has 168 valence electrons. The van der Waals surface area contributed by atoms with Crippen LogP contribution in [0.5, 0.6) is 0 Å². The van der Waals surface area contributed by atoms with Gasteiger partial charge in [-0.25, -0.2) is 13.1 Å². The first-order valence-corrected chi connectivity index (χ1v) is 12.4. The average Bonchev–Trinajstić information content (AvgIpc) is 3.12. The summed E-state index contributed by atoms with van der Waals surface area (Å²) in [6.07, 6.45) is 0. The van der Waals surface area contributed by atoms with Crippen LogP contribution in [0.25, 0.3) is 16.9 Å². The number of aryl methyl sites for hydroxylation is 1. The molecule has 4 aromatic rings. The summed E-state index contributed by atoms with van der Waals surface area (Å²) < 4.78 is 28.7. The van der Waals surface area contributed by atoms with Crippen LogP contribution in [0, 0.1) is 13.8 Å². The maximum atomic E-state index is 13.5. The van der Waals surface area contributed by atoms with Crippen molar-refractivity contribution in [3.63, 3.8) is 0 Å². The molecular weight excluding hydrogens is 477 g/mol. The second kappa shape index (κ2) is 9.14. The molecular formula is C25H21Cl2N3O2S. The van der Waals surface area contributed by atoms with Gasteiger partial charge in [-0.3, -0.25) is 4.99 Å². The maximum absolute atomic E-state index is 13.5. The Balaban J connectivity index is 1.96. The molecule has 0 radical (unpaired) electrons. The van der Waals surface area contributed by atoms with Gasteiger partial charge in [0.1, 0.15) is 5.69 Å². The predicted octanol–water partition coefficient (Wildman–Crippen LogP) is 6.64. The Hall–Kier alpha value is -2.93. The van der Waals surface area contributed by atoms with E-state index < -0.39 is 15.2 Å². The lowest BCUT2D eigenvalue weighted by atomic mass is 10.1. The lowest BCUT2D eigenvalue weighted by molar-refractivity contribution is 0.581. The molecule has 1 aromatic heterocycles.